The van der Waals surface area contributed by atoms with Crippen molar-refractivity contribution in [2.45, 2.75) is 32.2 Å². The number of halogens is 3. The number of imide groups is 2. The standard InChI is InChI=1S/C17H19F3N4O5/c1-3-8-21-14(27)22-12(25)9-24-13(26)16(2,23-15(24)28)10-4-6-11(7-5-10)29-17(18,19)20/h4-7H,3,8-9H2,1-2H3,(H,23,28)(H2,21,22,25,27). The SMILES string of the molecule is CCCNC(=O)NC(=O)CN1C(=O)NC(C)(c2ccc(OC(F)(F)F)cc2)C1=O. The van der Waals surface area contributed by atoms with Crippen LogP contribution in [0.2, 0.25) is 0 Å². The average molecular weight is 416 g/mol. The van der Waals surface area contributed by atoms with Crippen molar-refractivity contribution in [2.24, 2.45) is 0 Å². The van der Waals surface area contributed by atoms with Crippen LogP contribution in [0, 0.1) is 0 Å². The number of carbonyl (C=O) groups is 4. The van der Waals surface area contributed by atoms with Gasteiger partial charge >= 0.3 is 18.4 Å². The molecule has 12 heteroatoms. The van der Waals surface area contributed by atoms with Gasteiger partial charge in [-0.1, -0.05) is 19.1 Å². The summed E-state index contributed by atoms with van der Waals surface area (Å²) in [6.45, 7) is 2.81. The Labute approximate surface area is 163 Å². The molecule has 1 aromatic carbocycles. The first-order valence-corrected chi connectivity index (χ1v) is 8.54. The fourth-order valence-corrected chi connectivity index (χ4v) is 2.62. The fourth-order valence-electron chi connectivity index (χ4n) is 2.62. The highest BCUT2D eigenvalue weighted by Gasteiger charge is 2.49. The molecule has 0 aromatic heterocycles. The molecule has 0 bridgehead atoms. The molecule has 1 atom stereocenters. The Bertz CT molecular complexity index is 812. The molecule has 1 saturated heterocycles. The average Bonchev–Trinajstić information content (AvgIpc) is 2.83. The van der Waals surface area contributed by atoms with Gasteiger partial charge in [0.2, 0.25) is 5.91 Å². The van der Waals surface area contributed by atoms with Crippen molar-refractivity contribution in [3.63, 3.8) is 0 Å². The molecule has 9 nitrogen and oxygen atoms in total. The van der Waals surface area contributed by atoms with Gasteiger partial charge in [-0.2, -0.15) is 0 Å². The first kappa shape index (κ1) is 22.0. The van der Waals surface area contributed by atoms with Crippen molar-refractivity contribution in [3.8, 4) is 5.75 Å². The van der Waals surface area contributed by atoms with E-state index in [0.29, 0.717) is 17.9 Å². The quantitative estimate of drug-likeness (QED) is 0.609. The number of hydrogen-bond acceptors (Lipinski definition) is 5. The molecule has 3 N–H and O–H groups in total. The molecule has 1 heterocycles. The molecule has 158 valence electrons. The number of hydrogen-bond donors (Lipinski definition) is 3. The summed E-state index contributed by atoms with van der Waals surface area (Å²) < 4.78 is 40.5. The van der Waals surface area contributed by atoms with Crippen molar-refractivity contribution in [1.29, 1.82) is 0 Å². The maximum absolute atomic E-state index is 12.7. The number of rotatable bonds is 6. The van der Waals surface area contributed by atoms with Crippen LogP contribution >= 0.6 is 0 Å². The molecule has 2 rings (SSSR count). The predicted octanol–water partition coefficient (Wildman–Crippen LogP) is 1.59. The van der Waals surface area contributed by atoms with E-state index < -0.39 is 48.1 Å². The van der Waals surface area contributed by atoms with E-state index in [-0.39, 0.29) is 5.56 Å². The zero-order chi connectivity index (χ0) is 21.8. The Morgan fingerprint density at radius 2 is 1.83 bits per heavy atom. The Morgan fingerprint density at radius 3 is 2.38 bits per heavy atom. The minimum absolute atomic E-state index is 0.189. The third-order valence-electron chi connectivity index (χ3n) is 4.03. The van der Waals surface area contributed by atoms with Crippen molar-refractivity contribution >= 4 is 23.9 Å². The summed E-state index contributed by atoms with van der Waals surface area (Å²) in [6.07, 6.45) is -4.21. The summed E-state index contributed by atoms with van der Waals surface area (Å²) in [7, 11) is 0. The van der Waals surface area contributed by atoms with E-state index in [1.54, 1.807) is 0 Å². The summed E-state index contributed by atoms with van der Waals surface area (Å²) >= 11 is 0. The molecule has 1 aliphatic rings. The lowest BCUT2D eigenvalue weighted by atomic mass is 9.92. The number of ether oxygens (including phenoxy) is 1. The Morgan fingerprint density at radius 1 is 1.21 bits per heavy atom. The van der Waals surface area contributed by atoms with Crippen LogP contribution < -0.4 is 20.7 Å². The van der Waals surface area contributed by atoms with Crippen LogP contribution in [0.4, 0.5) is 22.8 Å². The van der Waals surface area contributed by atoms with Crippen LogP contribution in [-0.2, 0) is 15.1 Å². The number of alkyl halides is 3. The van der Waals surface area contributed by atoms with Gasteiger partial charge in [-0.3, -0.25) is 19.8 Å². The second kappa shape index (κ2) is 8.37. The zero-order valence-electron chi connectivity index (χ0n) is 15.6. The first-order chi connectivity index (χ1) is 13.5. The normalized spacial score (nSPS) is 19.0. The lowest BCUT2D eigenvalue weighted by Gasteiger charge is -2.22. The van der Waals surface area contributed by atoms with E-state index >= 15 is 0 Å². The van der Waals surface area contributed by atoms with Crippen LogP contribution in [0.1, 0.15) is 25.8 Å². The Balaban J connectivity index is 2.08. The summed E-state index contributed by atoms with van der Waals surface area (Å²) in [5.74, 6) is -2.16. The minimum Gasteiger partial charge on any atom is -0.406 e. The number of amides is 6. The van der Waals surface area contributed by atoms with Crippen molar-refractivity contribution in [2.75, 3.05) is 13.1 Å². The molecule has 1 aliphatic heterocycles. The maximum atomic E-state index is 12.7. The van der Waals surface area contributed by atoms with E-state index in [1.807, 2.05) is 12.2 Å². The highest BCUT2D eigenvalue weighted by Crippen LogP contribution is 2.31. The van der Waals surface area contributed by atoms with Crippen molar-refractivity contribution < 1.29 is 37.1 Å². The smallest absolute Gasteiger partial charge is 0.406 e. The van der Waals surface area contributed by atoms with Gasteiger partial charge in [0, 0.05) is 6.54 Å². The third kappa shape index (κ3) is 5.36. The van der Waals surface area contributed by atoms with Gasteiger partial charge in [0.05, 0.1) is 0 Å². The fraction of sp³-hybridized carbons (Fsp3) is 0.412. The number of urea groups is 2. The second-order valence-electron chi connectivity index (χ2n) is 6.32. The molecule has 1 unspecified atom stereocenters. The number of carbonyl (C=O) groups excluding carboxylic acids is 4. The van der Waals surface area contributed by atoms with E-state index in [9.17, 15) is 32.3 Å². The highest BCUT2D eigenvalue weighted by atomic mass is 19.4. The van der Waals surface area contributed by atoms with Gasteiger partial charge in [0.25, 0.3) is 5.91 Å². The predicted molar refractivity (Wildman–Crippen MR) is 92.6 cm³/mol. The van der Waals surface area contributed by atoms with Crippen molar-refractivity contribution in [3.05, 3.63) is 29.8 Å². The summed E-state index contributed by atoms with van der Waals surface area (Å²) in [5, 5.41) is 6.80. The second-order valence-corrected chi connectivity index (χ2v) is 6.32. The highest BCUT2D eigenvalue weighted by molar-refractivity contribution is 6.10. The largest absolute Gasteiger partial charge is 0.573 e. The van der Waals surface area contributed by atoms with Gasteiger partial charge in [-0.25, -0.2) is 9.59 Å². The molecule has 6 amide bonds. The topological polar surface area (TPSA) is 117 Å². The van der Waals surface area contributed by atoms with Crippen LogP contribution in [-0.4, -0.2) is 48.2 Å². The Hall–Kier alpha value is -3.31. The van der Waals surface area contributed by atoms with Gasteiger partial charge < -0.3 is 15.4 Å². The van der Waals surface area contributed by atoms with Crippen LogP contribution in [0.25, 0.3) is 0 Å². The van der Waals surface area contributed by atoms with Crippen LogP contribution in [0.5, 0.6) is 5.75 Å². The summed E-state index contributed by atoms with van der Waals surface area (Å²) in [6, 6.07) is 2.76. The molecule has 0 aliphatic carbocycles. The molecule has 0 radical (unpaired) electrons. The van der Waals surface area contributed by atoms with Crippen LogP contribution in [0.15, 0.2) is 24.3 Å². The minimum atomic E-state index is -4.86. The van der Waals surface area contributed by atoms with Gasteiger partial charge in [-0.15, -0.1) is 13.2 Å². The molecule has 0 spiro atoms. The summed E-state index contributed by atoms with van der Waals surface area (Å²) in [4.78, 5) is 48.9. The molecule has 0 saturated carbocycles. The van der Waals surface area contributed by atoms with Gasteiger partial charge in [0.1, 0.15) is 17.8 Å². The van der Waals surface area contributed by atoms with E-state index in [2.05, 4.69) is 15.4 Å². The monoisotopic (exact) mass is 416 g/mol. The summed E-state index contributed by atoms with van der Waals surface area (Å²) in [5.41, 5.74) is -1.41. The number of benzene rings is 1. The molecule has 29 heavy (non-hydrogen) atoms. The maximum Gasteiger partial charge on any atom is 0.573 e. The number of nitrogens with zero attached hydrogens (tertiary/aromatic N) is 1. The van der Waals surface area contributed by atoms with Crippen LogP contribution in [0.3, 0.4) is 0 Å². The first-order valence-electron chi connectivity index (χ1n) is 8.54. The van der Waals surface area contributed by atoms with Gasteiger partial charge in [0.15, 0.2) is 0 Å². The van der Waals surface area contributed by atoms with E-state index in [0.717, 1.165) is 12.1 Å². The molecular weight excluding hydrogens is 397 g/mol. The molecule has 1 fully saturated rings. The molecule has 1 aromatic rings. The van der Waals surface area contributed by atoms with E-state index in [1.165, 1.54) is 19.1 Å². The zero-order valence-corrected chi connectivity index (χ0v) is 15.6. The molecular formula is C17H19F3N4O5. The van der Waals surface area contributed by atoms with E-state index in [4.69, 9.17) is 0 Å². The number of nitrogens with one attached hydrogen (secondary N) is 3. The third-order valence-corrected chi connectivity index (χ3v) is 4.03. The lowest BCUT2D eigenvalue weighted by molar-refractivity contribution is -0.274. The van der Waals surface area contributed by atoms with Crippen molar-refractivity contribution in [1.82, 2.24) is 20.9 Å². The Kier molecular flexibility index (Phi) is 6.34. The lowest BCUT2D eigenvalue weighted by Crippen LogP contribution is -2.47. The van der Waals surface area contributed by atoms with Gasteiger partial charge in [-0.05, 0) is 31.0 Å².